The topological polar surface area (TPSA) is 9.23 Å². The minimum absolute atomic E-state index is 0.154. The van der Waals surface area contributed by atoms with Crippen molar-refractivity contribution >= 4 is 25.2 Å². The van der Waals surface area contributed by atoms with Crippen molar-refractivity contribution in [1.29, 1.82) is 0 Å². The normalized spacial score (nSPS) is 15.0. The second kappa shape index (κ2) is 3.34. The van der Waals surface area contributed by atoms with Crippen molar-refractivity contribution in [3.8, 4) is 0 Å². The smallest absolute Gasteiger partial charge is 0.169 e. The molecule has 62 valence electrons. The lowest BCUT2D eigenvalue weighted by Gasteiger charge is -2.23. The zero-order valence-electron chi connectivity index (χ0n) is 8.12. The highest BCUT2D eigenvalue weighted by atomic mass is 29.2. The Morgan fingerprint density at radius 3 is 1.40 bits per heavy atom. The molecule has 0 heterocycles. The molecule has 0 aromatic rings. The maximum atomic E-state index is 5.93. The molecule has 10 heavy (non-hydrogen) atoms. The summed E-state index contributed by atoms with van der Waals surface area (Å²) >= 11 is 0. The molecule has 0 rings (SSSR count). The van der Waals surface area contributed by atoms with Crippen LogP contribution >= 0.6 is 0 Å². The second-order valence-corrected chi connectivity index (χ2v) is 23.0. The van der Waals surface area contributed by atoms with Crippen LogP contribution in [0.25, 0.3) is 0 Å². The molecule has 0 fully saturated rings. The van der Waals surface area contributed by atoms with Gasteiger partial charge in [-0.05, 0) is 19.6 Å². The predicted octanol–water partition coefficient (Wildman–Crippen LogP) is 1.76. The fraction of sp³-hybridized carbons (Fsp3) is 1.00. The second-order valence-electron chi connectivity index (χ2n) is 4.96. The Morgan fingerprint density at radius 1 is 0.900 bits per heavy atom. The van der Waals surface area contributed by atoms with Gasteiger partial charge in [-0.2, -0.15) is 0 Å². The van der Waals surface area contributed by atoms with Gasteiger partial charge < -0.3 is 4.12 Å². The highest BCUT2D eigenvalue weighted by molar-refractivity contribution is 7.22. The molecule has 4 heteroatoms. The minimum Gasteiger partial charge on any atom is -0.463 e. The molecule has 0 bridgehead atoms. The number of hydrogen-bond donors (Lipinski definition) is 0. The van der Waals surface area contributed by atoms with Crippen molar-refractivity contribution in [1.82, 2.24) is 0 Å². The van der Waals surface area contributed by atoms with Crippen molar-refractivity contribution in [3.63, 3.8) is 0 Å². The van der Waals surface area contributed by atoms with Crippen LogP contribution in [0, 0.1) is 0 Å². The van der Waals surface area contributed by atoms with Gasteiger partial charge in [-0.1, -0.05) is 19.6 Å². The third-order valence-electron chi connectivity index (χ3n) is 0.938. The van der Waals surface area contributed by atoms with Crippen LogP contribution in [-0.2, 0) is 4.12 Å². The Kier molecular flexibility index (Phi) is 3.54. The van der Waals surface area contributed by atoms with Crippen LogP contribution in [0.3, 0.4) is 0 Å². The van der Waals surface area contributed by atoms with E-state index in [2.05, 4.69) is 39.3 Å². The highest BCUT2D eigenvalue weighted by Crippen LogP contribution is 2.05. The van der Waals surface area contributed by atoms with Gasteiger partial charge in [0.25, 0.3) is 0 Å². The Bertz CT molecular complexity index is 86.5. The summed E-state index contributed by atoms with van der Waals surface area (Å²) in [5.41, 5.74) is 0. The lowest BCUT2D eigenvalue weighted by molar-refractivity contribution is 0.611. The van der Waals surface area contributed by atoms with Gasteiger partial charge in [0.2, 0.25) is 0 Å². The molecule has 0 atom stereocenters. The van der Waals surface area contributed by atoms with Gasteiger partial charge in [0.05, 0.1) is 7.59 Å². The average molecular weight is 192 g/mol. The lowest BCUT2D eigenvalue weighted by atomic mass is 11.8. The van der Waals surface area contributed by atoms with Gasteiger partial charge in [-0.15, -0.1) is 0 Å². The molecule has 0 aliphatic heterocycles. The van der Waals surface area contributed by atoms with Gasteiger partial charge in [0, 0.05) is 0 Å². The molecule has 0 radical (unpaired) electrons. The first-order valence-corrected chi connectivity index (χ1v) is 13.7. The van der Waals surface area contributed by atoms with E-state index in [1.807, 2.05) is 0 Å². The van der Waals surface area contributed by atoms with Gasteiger partial charge in [0.15, 0.2) is 8.32 Å². The molecule has 0 amide bonds. The number of hydrogen-bond acceptors (Lipinski definition) is 1. The third kappa shape index (κ3) is 8.61. The predicted molar refractivity (Wildman–Crippen MR) is 56.3 cm³/mol. The Morgan fingerprint density at radius 2 is 1.30 bits per heavy atom. The monoisotopic (exact) mass is 192 g/mol. The molecule has 0 aliphatic rings. The zero-order valence-corrected chi connectivity index (χ0v) is 11.5. The van der Waals surface area contributed by atoms with Crippen LogP contribution in [0.2, 0.25) is 39.3 Å². The molecule has 0 N–H and O–H groups in total. The van der Waals surface area contributed by atoms with E-state index in [1.54, 1.807) is 0 Å². The number of rotatable bonds is 3. The molecule has 0 saturated carbocycles. The fourth-order valence-corrected chi connectivity index (χ4v) is 11.7. The molecular formula is C6H20OSi3. The SMILES string of the molecule is C[Si](C)(C)O[SiH2][Si](C)(C)C. The van der Waals surface area contributed by atoms with E-state index in [0.717, 1.165) is 0 Å². The fourth-order valence-electron chi connectivity index (χ4n) is 0.433. The molecule has 0 aromatic carbocycles. The van der Waals surface area contributed by atoms with Crippen molar-refractivity contribution in [3.05, 3.63) is 0 Å². The molecule has 0 unspecified atom stereocenters. The standard InChI is InChI=1S/C6H20OSi3/c1-9(2,3)7-8-10(4,5)6/h8H2,1-6H3. The highest BCUT2D eigenvalue weighted by Gasteiger charge is 2.20. The Hall–Kier alpha value is 0.611. The van der Waals surface area contributed by atoms with Crippen LogP contribution in [0.15, 0.2) is 0 Å². The first-order valence-electron chi connectivity index (χ1n) is 3.85. The summed E-state index contributed by atoms with van der Waals surface area (Å²) in [6.07, 6.45) is 0. The minimum atomic E-state index is -1.17. The van der Waals surface area contributed by atoms with E-state index < -0.39 is 15.9 Å². The van der Waals surface area contributed by atoms with Gasteiger partial charge in [0.1, 0.15) is 9.28 Å². The van der Waals surface area contributed by atoms with E-state index in [0.29, 0.717) is 0 Å². The summed E-state index contributed by atoms with van der Waals surface area (Å²) < 4.78 is 5.93. The van der Waals surface area contributed by atoms with Crippen LogP contribution in [0.4, 0.5) is 0 Å². The van der Waals surface area contributed by atoms with Crippen molar-refractivity contribution in [2.75, 3.05) is 0 Å². The Balaban J connectivity index is 3.56. The van der Waals surface area contributed by atoms with E-state index in [1.165, 1.54) is 0 Å². The van der Waals surface area contributed by atoms with Gasteiger partial charge in [-0.25, -0.2) is 0 Å². The van der Waals surface area contributed by atoms with Crippen LogP contribution in [0.1, 0.15) is 0 Å². The summed E-state index contributed by atoms with van der Waals surface area (Å²) in [5, 5.41) is 0. The van der Waals surface area contributed by atoms with Crippen LogP contribution in [-0.4, -0.2) is 25.2 Å². The van der Waals surface area contributed by atoms with Gasteiger partial charge in [-0.3, -0.25) is 0 Å². The maximum Gasteiger partial charge on any atom is 0.169 e. The molecule has 0 saturated heterocycles. The quantitative estimate of drug-likeness (QED) is 0.619. The first-order chi connectivity index (χ1) is 4.21. The van der Waals surface area contributed by atoms with Crippen molar-refractivity contribution < 1.29 is 4.12 Å². The summed E-state index contributed by atoms with van der Waals surface area (Å²) in [5.74, 6) is 0. The molecule has 1 nitrogen and oxygen atoms in total. The van der Waals surface area contributed by atoms with Crippen LogP contribution < -0.4 is 0 Å². The lowest BCUT2D eigenvalue weighted by Crippen LogP contribution is -2.39. The summed E-state index contributed by atoms with van der Waals surface area (Å²) in [6, 6.07) is 0. The molecule has 0 aliphatic carbocycles. The van der Waals surface area contributed by atoms with Crippen molar-refractivity contribution in [2.45, 2.75) is 39.3 Å². The Labute approximate surface area is 69.0 Å². The molecular weight excluding hydrogens is 172 g/mol. The van der Waals surface area contributed by atoms with Crippen LogP contribution in [0.5, 0.6) is 0 Å². The summed E-state index contributed by atoms with van der Waals surface area (Å²) in [7, 11) is -2.14. The maximum absolute atomic E-state index is 5.93. The van der Waals surface area contributed by atoms with E-state index in [9.17, 15) is 0 Å². The molecule has 0 spiro atoms. The summed E-state index contributed by atoms with van der Waals surface area (Å²) in [4.78, 5) is 0. The van der Waals surface area contributed by atoms with E-state index in [4.69, 9.17) is 4.12 Å². The molecule has 0 aromatic heterocycles. The van der Waals surface area contributed by atoms with E-state index in [-0.39, 0.29) is 9.28 Å². The summed E-state index contributed by atoms with van der Waals surface area (Å²) in [6.45, 7) is 14.0. The van der Waals surface area contributed by atoms with E-state index >= 15 is 0 Å². The largest absolute Gasteiger partial charge is 0.463 e. The average Bonchev–Trinajstić information content (AvgIpc) is 1.57. The third-order valence-corrected chi connectivity index (χ3v) is 9.74. The van der Waals surface area contributed by atoms with Crippen molar-refractivity contribution in [2.24, 2.45) is 0 Å². The zero-order chi connectivity index (χ0) is 8.41. The van der Waals surface area contributed by atoms with Gasteiger partial charge >= 0.3 is 0 Å². The first kappa shape index (κ1) is 10.6.